The van der Waals surface area contributed by atoms with Crippen molar-refractivity contribution in [3.63, 3.8) is 0 Å². The van der Waals surface area contributed by atoms with Crippen molar-refractivity contribution in [2.24, 2.45) is 4.99 Å². The maximum atomic E-state index is 14.3. The minimum atomic E-state index is -4.81. The highest BCUT2D eigenvalue weighted by Crippen LogP contribution is 2.45. The van der Waals surface area contributed by atoms with E-state index in [4.69, 9.17) is 42.8 Å². The predicted octanol–water partition coefficient (Wildman–Crippen LogP) is 6.85. The zero-order chi connectivity index (χ0) is 36.8. The number of carbonyl (C=O) groups is 1. The smallest absolute Gasteiger partial charge is 0.416 e. The molecule has 0 saturated heterocycles. The number of hydrogen-bond acceptors (Lipinski definition) is 8. The van der Waals surface area contributed by atoms with E-state index in [0.717, 1.165) is 12.1 Å². The number of rotatable bonds is 14. The molecule has 0 spiro atoms. The van der Waals surface area contributed by atoms with Gasteiger partial charge in [0.05, 0.1) is 22.8 Å². The minimum Gasteiger partial charge on any atom is -0.494 e. The van der Waals surface area contributed by atoms with Crippen LogP contribution in [0.3, 0.4) is 0 Å². The van der Waals surface area contributed by atoms with Gasteiger partial charge in [-0.25, -0.2) is 23.2 Å². The van der Waals surface area contributed by atoms with E-state index in [1.165, 1.54) is 30.3 Å². The second-order valence-corrected chi connectivity index (χ2v) is 14.4. The van der Waals surface area contributed by atoms with Crippen LogP contribution in [0.2, 0.25) is 10.0 Å². The van der Waals surface area contributed by atoms with E-state index in [1.807, 2.05) is 0 Å². The number of halogens is 6. The maximum Gasteiger partial charge on any atom is 0.416 e. The molecule has 5 rings (SSSR count). The molecule has 0 saturated carbocycles. The van der Waals surface area contributed by atoms with E-state index in [2.05, 4.69) is 10.9 Å². The largest absolute Gasteiger partial charge is 0.494 e. The molecule has 4 aromatic rings. The van der Waals surface area contributed by atoms with Gasteiger partial charge >= 0.3 is 6.18 Å². The Morgan fingerprint density at radius 3 is 2.39 bits per heavy atom. The first-order valence-electron chi connectivity index (χ1n) is 15.5. The molecular weight excluding hydrogens is 737 g/mol. The molecule has 16 heteroatoms. The van der Waals surface area contributed by atoms with E-state index in [1.54, 1.807) is 42.5 Å². The first-order valence-corrected chi connectivity index (χ1v) is 17.9. The highest BCUT2D eigenvalue weighted by molar-refractivity contribution is 7.91. The van der Waals surface area contributed by atoms with E-state index in [9.17, 15) is 30.8 Å². The maximum absolute atomic E-state index is 14.3. The fraction of sp³-hybridized carbons (Fsp3) is 0.257. The summed E-state index contributed by atoms with van der Waals surface area (Å²) >= 11 is 12.8. The number of benzene rings is 4. The van der Waals surface area contributed by atoms with Gasteiger partial charge in [-0.2, -0.15) is 13.2 Å². The van der Waals surface area contributed by atoms with Crippen molar-refractivity contribution in [3.05, 3.63) is 129 Å². The fourth-order valence-corrected chi connectivity index (χ4v) is 7.24. The molecule has 9 nitrogen and oxygen atoms in total. The van der Waals surface area contributed by atoms with Crippen LogP contribution in [0.25, 0.3) is 0 Å². The van der Waals surface area contributed by atoms with Crippen molar-refractivity contribution >= 4 is 44.8 Å². The normalized spacial score (nSPS) is 17.5. The van der Waals surface area contributed by atoms with Crippen LogP contribution in [-0.4, -0.2) is 49.8 Å². The van der Waals surface area contributed by atoms with Gasteiger partial charge in [-0.1, -0.05) is 47.5 Å². The zero-order valence-corrected chi connectivity index (χ0v) is 28.9. The number of nitrogens with one attached hydrogen (secondary N) is 2. The van der Waals surface area contributed by atoms with Crippen molar-refractivity contribution in [1.82, 2.24) is 10.9 Å². The van der Waals surface area contributed by atoms with Crippen LogP contribution in [0.5, 0.6) is 5.75 Å². The fourth-order valence-electron chi connectivity index (χ4n) is 5.35. The van der Waals surface area contributed by atoms with Gasteiger partial charge in [0.1, 0.15) is 11.6 Å². The van der Waals surface area contributed by atoms with E-state index in [-0.39, 0.29) is 45.2 Å². The zero-order valence-electron chi connectivity index (χ0n) is 26.6. The van der Waals surface area contributed by atoms with Gasteiger partial charge in [-0.05, 0) is 72.3 Å². The number of aliphatic imine (C=N–C) groups is 1. The van der Waals surface area contributed by atoms with Crippen LogP contribution >= 0.6 is 23.2 Å². The molecule has 51 heavy (non-hydrogen) atoms. The van der Waals surface area contributed by atoms with Crippen LogP contribution < -0.4 is 15.6 Å². The number of aliphatic hydroxyl groups is 1. The molecule has 0 bridgehead atoms. The summed E-state index contributed by atoms with van der Waals surface area (Å²) in [5.74, 6) is -2.18. The molecule has 0 fully saturated rings. The second kappa shape index (κ2) is 16.0. The first kappa shape index (κ1) is 38.0. The number of aliphatic hydroxyl groups excluding tert-OH is 1. The molecule has 270 valence electrons. The Morgan fingerprint density at radius 1 is 1.00 bits per heavy atom. The Labute approximate surface area is 301 Å². The third kappa shape index (κ3) is 9.18. The van der Waals surface area contributed by atoms with Crippen molar-refractivity contribution in [2.45, 2.75) is 42.1 Å². The van der Waals surface area contributed by atoms with E-state index in [0.29, 0.717) is 23.8 Å². The van der Waals surface area contributed by atoms with E-state index >= 15 is 0 Å². The summed E-state index contributed by atoms with van der Waals surface area (Å²) in [6.07, 6.45) is -6.15. The quantitative estimate of drug-likeness (QED) is 0.0728. The predicted molar refractivity (Wildman–Crippen MR) is 183 cm³/mol. The Morgan fingerprint density at radius 2 is 1.73 bits per heavy atom. The Hall–Kier alpha value is -4.21. The number of hydrazine groups is 1. The van der Waals surface area contributed by atoms with Gasteiger partial charge in [0.2, 0.25) is 5.90 Å². The lowest BCUT2D eigenvalue weighted by molar-refractivity contribution is -0.138. The molecule has 4 aromatic carbocycles. The lowest BCUT2D eigenvalue weighted by Gasteiger charge is -2.31. The molecule has 2 atom stereocenters. The summed E-state index contributed by atoms with van der Waals surface area (Å²) in [5.41, 5.74) is 2.21. The summed E-state index contributed by atoms with van der Waals surface area (Å²) < 4.78 is 93.0. The molecule has 1 aliphatic rings. The number of nitrogens with zero attached hydrogens (tertiary/aromatic N) is 1. The van der Waals surface area contributed by atoms with Gasteiger partial charge < -0.3 is 14.6 Å². The van der Waals surface area contributed by atoms with Crippen LogP contribution in [0.15, 0.2) is 101 Å². The Bertz CT molecular complexity index is 2000. The second-order valence-electron chi connectivity index (χ2n) is 11.5. The molecule has 0 aliphatic carbocycles. The summed E-state index contributed by atoms with van der Waals surface area (Å²) in [6.45, 7) is -0.219. The lowest BCUT2D eigenvalue weighted by Crippen LogP contribution is -2.53. The van der Waals surface area contributed by atoms with Crippen LogP contribution in [0.1, 0.15) is 41.2 Å². The summed E-state index contributed by atoms with van der Waals surface area (Å²) in [4.78, 5) is 19.0. The number of ether oxygens (including phenoxy) is 2. The Balaban J connectivity index is 1.53. The van der Waals surface area contributed by atoms with Crippen molar-refractivity contribution in [3.8, 4) is 5.75 Å². The average Bonchev–Trinajstić information content (AvgIpc) is 3.48. The molecule has 3 N–H and O–H groups in total. The van der Waals surface area contributed by atoms with Crippen molar-refractivity contribution in [1.29, 1.82) is 0 Å². The van der Waals surface area contributed by atoms with Crippen molar-refractivity contribution < 1.29 is 45.4 Å². The number of amides is 1. The summed E-state index contributed by atoms with van der Waals surface area (Å²) in [5, 5.41) is 9.41. The molecule has 1 aliphatic heterocycles. The molecule has 0 aromatic heterocycles. The van der Waals surface area contributed by atoms with Crippen LogP contribution in [0, 0.1) is 5.82 Å². The van der Waals surface area contributed by atoms with Crippen LogP contribution in [-0.2, 0) is 32.1 Å². The topological polar surface area (TPSA) is 126 Å². The highest BCUT2D eigenvalue weighted by atomic mass is 35.5. The molecule has 0 unspecified atom stereocenters. The minimum absolute atomic E-state index is 0.00577. The summed E-state index contributed by atoms with van der Waals surface area (Å²) in [6, 6.07) is 20.5. The SMILES string of the molecule is O=C(NNCc1cc(F)cc(C(F)(F)F)c1)[C@@]1(CCS(=O)(=O)c2ccccc2)N=C(c2ccc(OCCCO)cc2)O[C@H]1c1ccc(Cl)cc1Cl. The van der Waals surface area contributed by atoms with Gasteiger partial charge in [0, 0.05) is 47.2 Å². The number of alkyl halides is 3. The molecule has 1 amide bonds. The molecule has 1 heterocycles. The third-order valence-electron chi connectivity index (χ3n) is 7.91. The van der Waals surface area contributed by atoms with Gasteiger partial charge in [0.15, 0.2) is 21.5 Å². The Kier molecular flexibility index (Phi) is 11.9. The third-order valence-corrected chi connectivity index (χ3v) is 10.2. The standard InChI is InChI=1S/C35H31Cl2F4N3O6S/c36-25-9-12-29(30(37)20-25)31-34(13-16-51(47,48)28-5-2-1-3-6-28,43-32(50-31)23-7-10-27(11-8-23)49-15-4-14-45)33(46)44-42-21-22-17-24(35(39,40)41)19-26(38)18-22/h1-3,5-12,17-20,31,42,45H,4,13-16,21H2,(H,44,46)/t31-,34-/m0/s1. The number of hydrogen-bond donors (Lipinski definition) is 3. The summed E-state index contributed by atoms with van der Waals surface area (Å²) in [7, 11) is -3.99. The monoisotopic (exact) mass is 767 g/mol. The molecule has 0 radical (unpaired) electrons. The highest BCUT2D eigenvalue weighted by Gasteiger charge is 2.54. The average molecular weight is 769 g/mol. The van der Waals surface area contributed by atoms with Gasteiger partial charge in [0.25, 0.3) is 5.91 Å². The van der Waals surface area contributed by atoms with Crippen LogP contribution in [0.4, 0.5) is 17.6 Å². The number of carbonyl (C=O) groups excluding carboxylic acids is 1. The first-order chi connectivity index (χ1) is 24.2. The van der Waals surface area contributed by atoms with Crippen molar-refractivity contribution in [2.75, 3.05) is 19.0 Å². The molecular formula is C35H31Cl2F4N3O6S. The van der Waals surface area contributed by atoms with E-state index < -0.39 is 63.7 Å². The lowest BCUT2D eigenvalue weighted by atomic mass is 9.85. The number of sulfone groups is 1. The van der Waals surface area contributed by atoms with Gasteiger partial charge in [-0.15, -0.1) is 0 Å². The van der Waals surface area contributed by atoms with Gasteiger partial charge in [-0.3, -0.25) is 10.2 Å².